The largest absolute Gasteiger partial charge is 0.393 e. The second-order valence-corrected chi connectivity index (χ2v) is 14.1. The molecule has 1 unspecified atom stereocenters. The second-order valence-electron chi connectivity index (χ2n) is 12.5. The smallest absolute Gasteiger partial charge is 0.266 e. The fraction of sp³-hybridized carbons (Fsp3) is 0.962. The summed E-state index contributed by atoms with van der Waals surface area (Å²) >= 11 is 0. The van der Waals surface area contributed by atoms with Crippen molar-refractivity contribution in [1.82, 2.24) is 5.32 Å². The molecule has 0 spiro atoms. The molecule has 7 nitrogen and oxygen atoms in total. The Labute approximate surface area is 205 Å². The third-order valence-electron chi connectivity index (χ3n) is 11.0. The summed E-state index contributed by atoms with van der Waals surface area (Å²) in [6, 6.07) is 0. The Morgan fingerprint density at radius 3 is 2.50 bits per heavy atom. The predicted molar refractivity (Wildman–Crippen MR) is 130 cm³/mol. The molecule has 4 rings (SSSR count). The molecule has 0 aliphatic heterocycles. The van der Waals surface area contributed by atoms with Crippen LogP contribution < -0.4 is 5.32 Å². The van der Waals surface area contributed by atoms with E-state index in [9.17, 15) is 23.4 Å². The van der Waals surface area contributed by atoms with Gasteiger partial charge >= 0.3 is 0 Å². The number of amides is 1. The Morgan fingerprint density at radius 1 is 1.06 bits per heavy atom. The van der Waals surface area contributed by atoms with Gasteiger partial charge in [0, 0.05) is 13.0 Å². The Balaban J connectivity index is 1.40. The van der Waals surface area contributed by atoms with Gasteiger partial charge in [-0.15, -0.1) is 0 Å². The number of hydrogen-bond donors (Lipinski definition) is 4. The van der Waals surface area contributed by atoms with Gasteiger partial charge in [0.2, 0.25) is 5.91 Å². The van der Waals surface area contributed by atoms with Crippen LogP contribution in [0.3, 0.4) is 0 Å². The van der Waals surface area contributed by atoms with E-state index >= 15 is 0 Å². The van der Waals surface area contributed by atoms with Gasteiger partial charge in [0.05, 0.1) is 18.0 Å². The minimum atomic E-state index is -4.07. The summed E-state index contributed by atoms with van der Waals surface area (Å²) in [5.74, 6) is 2.28. The van der Waals surface area contributed by atoms with Crippen LogP contribution in [0.5, 0.6) is 0 Å². The topological polar surface area (TPSA) is 124 Å². The van der Waals surface area contributed by atoms with Crippen LogP contribution in [0, 0.1) is 46.3 Å². The van der Waals surface area contributed by atoms with Crippen LogP contribution >= 0.6 is 0 Å². The minimum absolute atomic E-state index is 0.0756. The number of aliphatic hydroxyl groups excluding tert-OH is 2. The first-order valence-corrected chi connectivity index (χ1v) is 15.0. The van der Waals surface area contributed by atoms with Gasteiger partial charge in [-0.1, -0.05) is 20.8 Å². The lowest BCUT2D eigenvalue weighted by atomic mass is 9.43. The van der Waals surface area contributed by atoms with Crippen molar-refractivity contribution >= 4 is 16.0 Å². The maximum Gasteiger partial charge on any atom is 0.266 e. The molecule has 8 heteroatoms. The van der Waals surface area contributed by atoms with Crippen molar-refractivity contribution in [3.63, 3.8) is 0 Å². The van der Waals surface area contributed by atoms with Crippen LogP contribution in [-0.4, -0.2) is 53.6 Å². The van der Waals surface area contributed by atoms with E-state index in [2.05, 4.69) is 26.1 Å². The number of aliphatic hydroxyl groups is 2. The summed E-state index contributed by atoms with van der Waals surface area (Å²) < 4.78 is 30.5. The van der Waals surface area contributed by atoms with E-state index < -0.39 is 15.9 Å². The lowest BCUT2D eigenvalue weighted by molar-refractivity contribution is -0.174. The highest BCUT2D eigenvalue weighted by atomic mass is 32.2. The lowest BCUT2D eigenvalue weighted by Gasteiger charge is -2.62. The Hall–Kier alpha value is -0.700. The molecule has 0 heterocycles. The predicted octanol–water partition coefficient (Wildman–Crippen LogP) is 3.40. The highest BCUT2D eigenvalue weighted by molar-refractivity contribution is 7.85. The van der Waals surface area contributed by atoms with Crippen LogP contribution in [0.2, 0.25) is 0 Å². The van der Waals surface area contributed by atoms with Crippen LogP contribution in [0.15, 0.2) is 0 Å². The van der Waals surface area contributed by atoms with Crippen molar-refractivity contribution < 1.29 is 28.0 Å². The Kier molecular flexibility index (Phi) is 7.47. The van der Waals surface area contributed by atoms with Crippen molar-refractivity contribution in [3.8, 4) is 0 Å². The molecule has 0 radical (unpaired) electrons. The first kappa shape index (κ1) is 26.4. The van der Waals surface area contributed by atoms with Crippen LogP contribution in [0.4, 0.5) is 0 Å². The zero-order valence-electron chi connectivity index (χ0n) is 21.1. The maximum absolute atomic E-state index is 12.2. The molecule has 0 aromatic carbocycles. The number of carbonyl (C=O) groups excluding carboxylic acids is 1. The lowest BCUT2D eigenvalue weighted by Crippen LogP contribution is -2.58. The van der Waals surface area contributed by atoms with E-state index in [0.717, 1.165) is 38.5 Å². The summed E-state index contributed by atoms with van der Waals surface area (Å²) in [7, 11) is -4.07. The van der Waals surface area contributed by atoms with Crippen molar-refractivity contribution in [3.05, 3.63) is 0 Å². The van der Waals surface area contributed by atoms with Crippen LogP contribution in [0.25, 0.3) is 0 Å². The summed E-state index contributed by atoms with van der Waals surface area (Å²) in [6.45, 7) is 6.86. The average Bonchev–Trinajstić information content (AvgIpc) is 3.11. The highest BCUT2D eigenvalue weighted by Gasteiger charge is 2.63. The molecule has 196 valence electrons. The summed E-state index contributed by atoms with van der Waals surface area (Å²) in [5.41, 5.74) is 0.105. The van der Waals surface area contributed by atoms with E-state index in [1.165, 1.54) is 12.8 Å². The fourth-order valence-electron chi connectivity index (χ4n) is 9.13. The molecule has 0 bridgehead atoms. The summed E-state index contributed by atoms with van der Waals surface area (Å²) in [6.07, 6.45) is 8.93. The van der Waals surface area contributed by atoms with E-state index in [4.69, 9.17) is 4.55 Å². The van der Waals surface area contributed by atoms with Gasteiger partial charge in [-0.25, -0.2) is 0 Å². The molecule has 4 aliphatic rings. The molecule has 0 aromatic heterocycles. The molecule has 4 aliphatic carbocycles. The quantitative estimate of drug-likeness (QED) is 0.398. The molecule has 4 fully saturated rings. The summed E-state index contributed by atoms with van der Waals surface area (Å²) in [4.78, 5) is 12.2. The SMILES string of the molecule is CC(CCC(=O)NCCS(=O)(=O)O)[C@H]1CC[C@H]2[C@@H]3CC[C@@H]4C[C@H](O)CC[C@]4(C)[C@H]3C[C@H](O)[C@]12C. The molecule has 10 atom stereocenters. The van der Waals surface area contributed by atoms with Gasteiger partial charge in [-0.2, -0.15) is 8.42 Å². The number of fused-ring (bicyclic) bond motifs is 5. The van der Waals surface area contributed by atoms with Crippen molar-refractivity contribution in [1.29, 1.82) is 0 Å². The maximum atomic E-state index is 12.2. The molecular formula is C26H45NO6S. The van der Waals surface area contributed by atoms with Gasteiger partial charge in [0.15, 0.2) is 0 Å². The number of nitrogens with one attached hydrogen (secondary N) is 1. The first-order chi connectivity index (χ1) is 15.9. The van der Waals surface area contributed by atoms with E-state index in [1.807, 2.05) is 0 Å². The Morgan fingerprint density at radius 2 is 1.79 bits per heavy atom. The second kappa shape index (κ2) is 9.64. The average molecular weight is 500 g/mol. The molecule has 1 amide bonds. The minimum Gasteiger partial charge on any atom is -0.393 e. The highest BCUT2D eigenvalue weighted by Crippen LogP contribution is 2.68. The van der Waals surface area contributed by atoms with Gasteiger partial charge in [-0.05, 0) is 104 Å². The molecule has 34 heavy (non-hydrogen) atoms. The van der Waals surface area contributed by atoms with Gasteiger partial charge in [0.25, 0.3) is 10.1 Å². The number of carbonyl (C=O) groups is 1. The van der Waals surface area contributed by atoms with Crippen molar-refractivity contribution in [2.45, 2.75) is 97.2 Å². The van der Waals surface area contributed by atoms with Crippen molar-refractivity contribution in [2.24, 2.45) is 46.3 Å². The zero-order valence-corrected chi connectivity index (χ0v) is 21.9. The zero-order chi connectivity index (χ0) is 24.9. The monoisotopic (exact) mass is 499 g/mol. The fourth-order valence-corrected chi connectivity index (χ4v) is 9.49. The van der Waals surface area contributed by atoms with Crippen LogP contribution in [-0.2, 0) is 14.9 Å². The third kappa shape index (κ3) is 4.81. The van der Waals surface area contributed by atoms with E-state index in [1.54, 1.807) is 0 Å². The third-order valence-corrected chi connectivity index (χ3v) is 11.7. The number of hydrogen-bond acceptors (Lipinski definition) is 5. The molecule has 0 aromatic rings. The van der Waals surface area contributed by atoms with E-state index in [-0.39, 0.29) is 35.5 Å². The van der Waals surface area contributed by atoms with E-state index in [0.29, 0.717) is 48.3 Å². The van der Waals surface area contributed by atoms with Gasteiger partial charge in [0.1, 0.15) is 0 Å². The number of rotatable bonds is 7. The molecule has 4 N–H and O–H groups in total. The Bertz CT molecular complexity index is 863. The normalized spacial score (nSPS) is 45.1. The molecule has 0 saturated heterocycles. The van der Waals surface area contributed by atoms with Crippen molar-refractivity contribution in [2.75, 3.05) is 12.3 Å². The van der Waals surface area contributed by atoms with Crippen LogP contribution in [0.1, 0.15) is 85.0 Å². The standard InChI is InChI=1S/C26H45NO6S/c1-16(4-9-24(30)27-12-13-34(31,32)33)20-7-8-21-19-6-5-17-14-18(28)10-11-25(17,2)22(19)15-23(29)26(20,21)3/h16-23,28-29H,4-15H2,1-3H3,(H,27,30)(H,31,32,33)/t16?,17-,18-,19+,20-,21+,22+,23+,25+,26-/m1/s1. The molecule has 4 saturated carbocycles. The first-order valence-electron chi connectivity index (χ1n) is 13.4. The van der Waals surface area contributed by atoms with Gasteiger partial charge < -0.3 is 15.5 Å². The molecular weight excluding hydrogens is 454 g/mol. The van der Waals surface area contributed by atoms with Gasteiger partial charge in [-0.3, -0.25) is 9.35 Å². The summed E-state index contributed by atoms with van der Waals surface area (Å²) in [5, 5.41) is 24.5.